The second kappa shape index (κ2) is 9.05. The molecule has 20 heavy (non-hydrogen) atoms. The number of hydrogen-bond donors (Lipinski definition) is 0. The second-order valence-electron chi connectivity index (χ2n) is 4.63. The first-order chi connectivity index (χ1) is 9.42. The van der Waals surface area contributed by atoms with E-state index in [-0.39, 0.29) is 6.61 Å². The van der Waals surface area contributed by atoms with Crippen LogP contribution in [0.3, 0.4) is 0 Å². The molecule has 0 heterocycles. The molecular weight excluding hydrogens is 401 g/mol. The zero-order valence-electron chi connectivity index (χ0n) is 10.9. The van der Waals surface area contributed by atoms with Gasteiger partial charge in [-0.3, -0.25) is 0 Å². The van der Waals surface area contributed by atoms with E-state index in [0.717, 1.165) is 22.6 Å². The Morgan fingerprint density at radius 1 is 1.20 bits per heavy atom. The van der Waals surface area contributed by atoms with Crippen molar-refractivity contribution >= 4 is 31.9 Å². The summed E-state index contributed by atoms with van der Waals surface area (Å²) in [5, 5.41) is 0.827. The highest BCUT2D eigenvalue weighted by atomic mass is 79.9. The highest BCUT2D eigenvalue weighted by molar-refractivity contribution is 9.10. The summed E-state index contributed by atoms with van der Waals surface area (Å²) in [6, 6.07) is 7.99. The molecular formula is C14H17Br2F3O. The molecule has 0 aliphatic rings. The lowest BCUT2D eigenvalue weighted by molar-refractivity contribution is -0.174. The third-order valence-electron chi connectivity index (χ3n) is 2.85. The van der Waals surface area contributed by atoms with Crippen molar-refractivity contribution in [3.8, 4) is 0 Å². The highest BCUT2D eigenvalue weighted by Crippen LogP contribution is 2.23. The second-order valence-corrected chi connectivity index (χ2v) is 6.13. The fourth-order valence-corrected chi connectivity index (χ4v) is 2.87. The van der Waals surface area contributed by atoms with Crippen molar-refractivity contribution in [1.82, 2.24) is 0 Å². The first-order valence-electron chi connectivity index (χ1n) is 6.36. The molecule has 0 radical (unpaired) electrons. The van der Waals surface area contributed by atoms with Crippen molar-refractivity contribution in [2.24, 2.45) is 5.92 Å². The van der Waals surface area contributed by atoms with Gasteiger partial charge in [-0.25, -0.2) is 0 Å². The Kier molecular flexibility index (Phi) is 8.14. The van der Waals surface area contributed by atoms with Crippen LogP contribution < -0.4 is 0 Å². The molecule has 1 rings (SSSR count). The highest BCUT2D eigenvalue weighted by Gasteiger charge is 2.27. The number of alkyl halides is 4. The Labute approximate surface area is 134 Å². The van der Waals surface area contributed by atoms with Gasteiger partial charge in [-0.15, -0.1) is 0 Å². The molecule has 0 N–H and O–H groups in total. The van der Waals surface area contributed by atoms with Crippen LogP contribution in [0.4, 0.5) is 13.2 Å². The van der Waals surface area contributed by atoms with E-state index >= 15 is 0 Å². The Morgan fingerprint density at radius 2 is 1.90 bits per heavy atom. The van der Waals surface area contributed by atoms with Crippen LogP contribution in [0.2, 0.25) is 0 Å². The lowest BCUT2D eigenvalue weighted by Crippen LogP contribution is -2.17. The van der Waals surface area contributed by atoms with Gasteiger partial charge in [0.05, 0.1) is 0 Å². The van der Waals surface area contributed by atoms with Crippen LogP contribution in [0.1, 0.15) is 18.4 Å². The van der Waals surface area contributed by atoms with Crippen LogP contribution in [-0.2, 0) is 11.2 Å². The predicted octanol–water partition coefficient (Wildman–Crippen LogP) is 5.36. The molecule has 1 nitrogen and oxygen atoms in total. The molecule has 114 valence electrons. The average Bonchev–Trinajstić information content (AvgIpc) is 2.38. The Bertz CT molecular complexity index is 396. The molecule has 0 fully saturated rings. The monoisotopic (exact) mass is 416 g/mol. The Balaban J connectivity index is 2.28. The maximum atomic E-state index is 11.9. The maximum absolute atomic E-state index is 11.9. The summed E-state index contributed by atoms with van der Waals surface area (Å²) in [5.74, 6) is 0.392. The Hall–Kier alpha value is -0.0700. The number of benzene rings is 1. The van der Waals surface area contributed by atoms with E-state index in [1.165, 1.54) is 5.56 Å². The minimum Gasteiger partial charge on any atom is -0.372 e. The standard InChI is InChI=1S/C14H17Br2F3O/c15-9-11(4-3-7-20-10-14(17,18)19)8-12-5-1-2-6-13(12)16/h1-2,5-6,11H,3-4,7-10H2. The smallest absolute Gasteiger partial charge is 0.372 e. The topological polar surface area (TPSA) is 9.23 Å². The summed E-state index contributed by atoms with van der Waals surface area (Å²) in [6.07, 6.45) is -1.86. The molecule has 6 heteroatoms. The lowest BCUT2D eigenvalue weighted by atomic mass is 9.97. The summed E-state index contributed by atoms with van der Waals surface area (Å²) in [6.45, 7) is -1.00. The first kappa shape index (κ1) is 18.0. The fourth-order valence-electron chi connectivity index (χ4n) is 1.87. The van der Waals surface area contributed by atoms with Gasteiger partial charge in [0, 0.05) is 16.4 Å². The molecule has 0 spiro atoms. The molecule has 0 aliphatic carbocycles. The zero-order valence-corrected chi connectivity index (χ0v) is 14.1. The van der Waals surface area contributed by atoms with Gasteiger partial charge in [-0.1, -0.05) is 50.1 Å². The minimum absolute atomic E-state index is 0.152. The van der Waals surface area contributed by atoms with Gasteiger partial charge in [0.2, 0.25) is 0 Å². The van der Waals surface area contributed by atoms with Gasteiger partial charge in [0.1, 0.15) is 6.61 Å². The summed E-state index contributed by atoms with van der Waals surface area (Å²) < 4.78 is 41.4. The van der Waals surface area contributed by atoms with E-state index in [1.807, 2.05) is 18.2 Å². The largest absolute Gasteiger partial charge is 0.411 e. The molecule has 0 amide bonds. The molecule has 0 aliphatic heterocycles. The van der Waals surface area contributed by atoms with Crippen molar-refractivity contribution in [2.45, 2.75) is 25.4 Å². The van der Waals surface area contributed by atoms with Gasteiger partial charge in [0.15, 0.2) is 0 Å². The summed E-state index contributed by atoms with van der Waals surface area (Å²) >= 11 is 6.97. The predicted molar refractivity (Wildman–Crippen MR) is 81.2 cm³/mol. The minimum atomic E-state index is -4.23. The van der Waals surface area contributed by atoms with Crippen molar-refractivity contribution in [3.05, 3.63) is 34.3 Å². The van der Waals surface area contributed by atoms with Crippen molar-refractivity contribution in [2.75, 3.05) is 18.5 Å². The normalized spacial score (nSPS) is 13.4. The molecule has 0 saturated heterocycles. The zero-order chi connectivity index (χ0) is 15.0. The van der Waals surface area contributed by atoms with E-state index in [2.05, 4.69) is 42.7 Å². The van der Waals surface area contributed by atoms with Crippen LogP contribution in [0, 0.1) is 5.92 Å². The fraction of sp³-hybridized carbons (Fsp3) is 0.571. The first-order valence-corrected chi connectivity index (χ1v) is 8.27. The average molecular weight is 418 g/mol. The maximum Gasteiger partial charge on any atom is 0.411 e. The Morgan fingerprint density at radius 3 is 2.50 bits per heavy atom. The summed E-state index contributed by atoms with van der Waals surface area (Å²) in [7, 11) is 0. The van der Waals surface area contributed by atoms with Crippen LogP contribution >= 0.6 is 31.9 Å². The van der Waals surface area contributed by atoms with Gasteiger partial charge >= 0.3 is 6.18 Å². The van der Waals surface area contributed by atoms with Gasteiger partial charge < -0.3 is 4.74 Å². The van der Waals surface area contributed by atoms with Crippen molar-refractivity contribution in [1.29, 1.82) is 0 Å². The molecule has 0 aromatic heterocycles. The van der Waals surface area contributed by atoms with E-state index in [9.17, 15) is 13.2 Å². The van der Waals surface area contributed by atoms with E-state index in [4.69, 9.17) is 0 Å². The number of ether oxygens (including phenoxy) is 1. The van der Waals surface area contributed by atoms with Crippen LogP contribution in [0.25, 0.3) is 0 Å². The summed E-state index contributed by atoms with van der Waals surface area (Å²) in [5.41, 5.74) is 1.22. The number of rotatable bonds is 8. The number of hydrogen-bond acceptors (Lipinski definition) is 1. The molecule has 0 bridgehead atoms. The molecule has 1 aromatic rings. The summed E-state index contributed by atoms with van der Waals surface area (Å²) in [4.78, 5) is 0. The van der Waals surface area contributed by atoms with Gasteiger partial charge in [-0.2, -0.15) is 13.2 Å². The lowest BCUT2D eigenvalue weighted by Gasteiger charge is -2.15. The molecule has 1 aromatic carbocycles. The van der Waals surface area contributed by atoms with Crippen LogP contribution in [0.15, 0.2) is 28.7 Å². The molecule has 0 saturated carbocycles. The van der Waals surface area contributed by atoms with E-state index < -0.39 is 12.8 Å². The molecule has 1 atom stereocenters. The van der Waals surface area contributed by atoms with E-state index in [0.29, 0.717) is 12.3 Å². The van der Waals surface area contributed by atoms with Gasteiger partial charge in [-0.05, 0) is 36.8 Å². The third kappa shape index (κ3) is 7.64. The molecule has 1 unspecified atom stereocenters. The third-order valence-corrected chi connectivity index (χ3v) is 4.54. The number of halogens is 5. The SMILES string of the molecule is FC(F)(F)COCCCC(CBr)Cc1ccccc1Br. The quantitative estimate of drug-likeness (QED) is 0.408. The van der Waals surface area contributed by atoms with Crippen LogP contribution in [0.5, 0.6) is 0 Å². The van der Waals surface area contributed by atoms with Crippen molar-refractivity contribution < 1.29 is 17.9 Å². The van der Waals surface area contributed by atoms with Crippen molar-refractivity contribution in [3.63, 3.8) is 0 Å². The van der Waals surface area contributed by atoms with Gasteiger partial charge in [0.25, 0.3) is 0 Å². The van der Waals surface area contributed by atoms with Crippen LogP contribution in [-0.4, -0.2) is 24.7 Å². The van der Waals surface area contributed by atoms with E-state index in [1.54, 1.807) is 0 Å².